The van der Waals surface area contributed by atoms with E-state index in [0.717, 1.165) is 15.4 Å². The molecule has 0 aliphatic rings. The first-order valence-electron chi connectivity index (χ1n) is 6.73. The van der Waals surface area contributed by atoms with Crippen molar-refractivity contribution in [2.45, 2.75) is 26.3 Å². The number of nitrogens with zero attached hydrogens (tertiary/aromatic N) is 1. The molecular formula is C15H17BrN2O3. The maximum absolute atomic E-state index is 12.6. The molecule has 0 aliphatic carbocycles. The van der Waals surface area contributed by atoms with Crippen molar-refractivity contribution in [3.05, 3.63) is 34.4 Å². The lowest BCUT2D eigenvalue weighted by atomic mass is 10.2. The Morgan fingerprint density at radius 1 is 1.38 bits per heavy atom. The summed E-state index contributed by atoms with van der Waals surface area (Å²) >= 11 is 3.39. The van der Waals surface area contributed by atoms with E-state index in [9.17, 15) is 9.59 Å². The Labute approximate surface area is 131 Å². The molecule has 1 aromatic heterocycles. The van der Waals surface area contributed by atoms with Crippen LogP contribution in [0.3, 0.4) is 0 Å². The summed E-state index contributed by atoms with van der Waals surface area (Å²) in [4.78, 5) is 28.0. The topological polar surface area (TPSA) is 73.4 Å². The molecule has 0 saturated carbocycles. The number of carboxylic acids is 1. The summed E-state index contributed by atoms with van der Waals surface area (Å²) in [5.41, 5.74) is 1.26. The molecule has 0 radical (unpaired) electrons. The van der Waals surface area contributed by atoms with Gasteiger partial charge in [0.1, 0.15) is 12.2 Å². The molecule has 112 valence electrons. The molecule has 0 saturated heterocycles. The molecule has 5 nitrogen and oxygen atoms in total. The number of halogens is 1. The van der Waals surface area contributed by atoms with Crippen molar-refractivity contribution >= 4 is 38.7 Å². The Balaban J connectivity index is 2.35. The van der Waals surface area contributed by atoms with Gasteiger partial charge in [-0.2, -0.15) is 0 Å². The van der Waals surface area contributed by atoms with Crippen molar-refractivity contribution in [1.82, 2.24) is 9.88 Å². The number of hydrogen-bond donors (Lipinski definition) is 2. The largest absolute Gasteiger partial charge is 0.480 e. The molecule has 1 aromatic carbocycles. The summed E-state index contributed by atoms with van der Waals surface area (Å²) in [5.74, 6) is -1.30. The van der Waals surface area contributed by atoms with Crippen LogP contribution in [0.5, 0.6) is 0 Å². The van der Waals surface area contributed by atoms with E-state index in [0.29, 0.717) is 12.1 Å². The van der Waals surface area contributed by atoms with Crippen LogP contribution >= 0.6 is 15.9 Å². The maximum atomic E-state index is 12.6. The third-order valence-corrected chi connectivity index (χ3v) is 4.00. The smallest absolute Gasteiger partial charge is 0.323 e. The average Bonchev–Trinajstić information content (AvgIpc) is 2.85. The zero-order valence-corrected chi connectivity index (χ0v) is 13.5. The highest BCUT2D eigenvalue weighted by molar-refractivity contribution is 9.10. The highest BCUT2D eigenvalue weighted by Gasteiger charge is 2.24. The van der Waals surface area contributed by atoms with E-state index in [2.05, 4.69) is 20.9 Å². The second-order valence-electron chi connectivity index (χ2n) is 5.00. The number of nitrogens with one attached hydrogen (secondary N) is 1. The van der Waals surface area contributed by atoms with E-state index in [-0.39, 0.29) is 18.5 Å². The van der Waals surface area contributed by atoms with Gasteiger partial charge in [-0.1, -0.05) is 22.9 Å². The lowest BCUT2D eigenvalue weighted by molar-refractivity contribution is -0.138. The molecule has 2 rings (SSSR count). The lowest BCUT2D eigenvalue weighted by Crippen LogP contribution is -2.42. The van der Waals surface area contributed by atoms with Crippen LogP contribution < -0.4 is 0 Å². The Kier molecular flexibility index (Phi) is 4.67. The molecule has 0 fully saturated rings. The summed E-state index contributed by atoms with van der Waals surface area (Å²) in [6.45, 7) is 3.47. The first kappa shape index (κ1) is 15.6. The van der Waals surface area contributed by atoms with Gasteiger partial charge in [0, 0.05) is 21.4 Å². The first-order chi connectivity index (χ1) is 9.92. The molecule has 0 aliphatic heterocycles. The summed E-state index contributed by atoms with van der Waals surface area (Å²) < 4.78 is 0.928. The van der Waals surface area contributed by atoms with Crippen LogP contribution in [0.1, 0.15) is 30.8 Å². The molecule has 21 heavy (non-hydrogen) atoms. The van der Waals surface area contributed by atoms with Crippen LogP contribution in [0.2, 0.25) is 0 Å². The molecular weight excluding hydrogens is 336 g/mol. The molecule has 2 N–H and O–H groups in total. The minimum absolute atomic E-state index is 0.133. The van der Waals surface area contributed by atoms with E-state index < -0.39 is 5.97 Å². The number of aromatic nitrogens is 1. The van der Waals surface area contributed by atoms with Crippen molar-refractivity contribution < 1.29 is 14.7 Å². The average molecular weight is 353 g/mol. The fourth-order valence-corrected chi connectivity index (χ4v) is 2.55. The number of H-pyrrole nitrogens is 1. The van der Waals surface area contributed by atoms with E-state index in [1.54, 1.807) is 6.07 Å². The van der Waals surface area contributed by atoms with E-state index in [1.165, 1.54) is 4.90 Å². The van der Waals surface area contributed by atoms with Gasteiger partial charge in [-0.25, -0.2) is 0 Å². The minimum Gasteiger partial charge on any atom is -0.480 e. The summed E-state index contributed by atoms with van der Waals surface area (Å²) in [6, 6.07) is 7.29. The summed E-state index contributed by atoms with van der Waals surface area (Å²) in [7, 11) is 0. The molecule has 1 amide bonds. The van der Waals surface area contributed by atoms with Gasteiger partial charge in [0.15, 0.2) is 0 Å². The number of benzene rings is 1. The quantitative estimate of drug-likeness (QED) is 0.867. The van der Waals surface area contributed by atoms with Crippen LogP contribution in [-0.4, -0.2) is 39.5 Å². The Morgan fingerprint density at radius 3 is 2.71 bits per heavy atom. The zero-order chi connectivity index (χ0) is 15.6. The second kappa shape index (κ2) is 6.30. The van der Waals surface area contributed by atoms with Gasteiger partial charge in [0.2, 0.25) is 0 Å². The number of carbonyl (C=O) groups excluding carboxylic acids is 1. The van der Waals surface area contributed by atoms with Crippen molar-refractivity contribution in [2.24, 2.45) is 0 Å². The summed E-state index contributed by atoms with van der Waals surface area (Å²) in [6.07, 6.45) is 0.699. The predicted octanol–water partition coefficient (Wildman–Crippen LogP) is 3.26. The number of carbonyl (C=O) groups is 2. The Hall–Kier alpha value is -1.82. The van der Waals surface area contributed by atoms with Crippen LogP contribution in [0.4, 0.5) is 0 Å². The Bertz CT molecular complexity index is 681. The normalized spacial score (nSPS) is 12.3. The van der Waals surface area contributed by atoms with Gasteiger partial charge in [0.25, 0.3) is 5.91 Å². The van der Waals surface area contributed by atoms with Crippen molar-refractivity contribution in [3.8, 4) is 0 Å². The molecule has 1 unspecified atom stereocenters. The third kappa shape index (κ3) is 3.44. The minimum atomic E-state index is -1.01. The van der Waals surface area contributed by atoms with Crippen LogP contribution in [0.15, 0.2) is 28.7 Å². The second-order valence-corrected chi connectivity index (χ2v) is 5.91. The monoisotopic (exact) mass is 352 g/mol. The molecule has 1 heterocycles. The zero-order valence-electron chi connectivity index (χ0n) is 11.9. The lowest BCUT2D eigenvalue weighted by Gasteiger charge is -2.26. The molecule has 2 aromatic rings. The van der Waals surface area contributed by atoms with Crippen molar-refractivity contribution in [2.75, 3.05) is 6.54 Å². The number of hydrogen-bond acceptors (Lipinski definition) is 2. The fourth-order valence-electron chi connectivity index (χ4n) is 2.17. The SMILES string of the molecule is CCC(C)N(CC(=O)O)C(=O)c1cc2cc(Br)ccc2[nH]1. The summed E-state index contributed by atoms with van der Waals surface area (Å²) in [5, 5.41) is 9.90. The van der Waals surface area contributed by atoms with Crippen molar-refractivity contribution in [3.63, 3.8) is 0 Å². The number of rotatable bonds is 5. The third-order valence-electron chi connectivity index (χ3n) is 3.50. The number of aromatic amines is 1. The van der Waals surface area contributed by atoms with E-state index >= 15 is 0 Å². The van der Waals surface area contributed by atoms with Gasteiger partial charge in [0.05, 0.1) is 0 Å². The fraction of sp³-hybridized carbons (Fsp3) is 0.333. The number of fused-ring (bicyclic) bond motifs is 1. The molecule has 6 heteroatoms. The molecule has 1 atom stereocenters. The van der Waals surface area contributed by atoms with Gasteiger partial charge in [-0.05, 0) is 37.6 Å². The first-order valence-corrected chi connectivity index (χ1v) is 7.52. The van der Waals surface area contributed by atoms with Crippen molar-refractivity contribution in [1.29, 1.82) is 0 Å². The molecule has 0 spiro atoms. The highest BCUT2D eigenvalue weighted by Crippen LogP contribution is 2.21. The number of carboxylic acid groups (broad SMARTS) is 1. The van der Waals surface area contributed by atoms with Gasteiger partial charge < -0.3 is 15.0 Å². The van der Waals surface area contributed by atoms with Gasteiger partial charge in [-0.3, -0.25) is 9.59 Å². The van der Waals surface area contributed by atoms with Crippen LogP contribution in [0, 0.1) is 0 Å². The number of aliphatic carboxylic acids is 1. The van der Waals surface area contributed by atoms with Gasteiger partial charge >= 0.3 is 5.97 Å². The standard InChI is InChI=1S/C15H17BrN2O3/c1-3-9(2)18(8-14(19)20)15(21)13-7-10-6-11(16)4-5-12(10)17-13/h4-7,9,17H,3,8H2,1-2H3,(H,19,20). The highest BCUT2D eigenvalue weighted by atomic mass is 79.9. The predicted molar refractivity (Wildman–Crippen MR) is 84.4 cm³/mol. The van der Waals surface area contributed by atoms with Crippen LogP contribution in [-0.2, 0) is 4.79 Å². The maximum Gasteiger partial charge on any atom is 0.323 e. The molecule has 0 bridgehead atoms. The van der Waals surface area contributed by atoms with E-state index in [1.807, 2.05) is 32.0 Å². The Morgan fingerprint density at radius 2 is 2.10 bits per heavy atom. The van der Waals surface area contributed by atoms with E-state index in [4.69, 9.17) is 5.11 Å². The van der Waals surface area contributed by atoms with Gasteiger partial charge in [-0.15, -0.1) is 0 Å². The van der Waals surface area contributed by atoms with Crippen LogP contribution in [0.25, 0.3) is 10.9 Å². The number of amides is 1.